The molecule has 5 rings (SSSR count). The standard InChI is InChI=1S/C16H14BrNO2/c17-11-2-1-3-12(8-11)18-15(19)13-9-4-5-10(7-6-9)14(13)16(18)20/h1-5,8-10,13-14H,6-7H2/t9-,10-,13+,14+/m0/s1. The lowest BCUT2D eigenvalue weighted by Gasteiger charge is -2.38. The fraction of sp³-hybridized carbons (Fsp3) is 0.375. The number of hydrogen-bond donors (Lipinski definition) is 0. The van der Waals surface area contributed by atoms with Crippen LogP contribution in [-0.2, 0) is 9.59 Å². The van der Waals surface area contributed by atoms with Crippen molar-refractivity contribution in [2.24, 2.45) is 23.7 Å². The number of amides is 2. The molecule has 1 aromatic rings. The van der Waals surface area contributed by atoms with Crippen molar-refractivity contribution in [1.29, 1.82) is 0 Å². The summed E-state index contributed by atoms with van der Waals surface area (Å²) < 4.78 is 0.881. The van der Waals surface area contributed by atoms with Gasteiger partial charge in [-0.3, -0.25) is 9.59 Å². The molecule has 2 amide bonds. The Morgan fingerprint density at radius 1 is 1.00 bits per heavy atom. The van der Waals surface area contributed by atoms with Crippen LogP contribution in [0.15, 0.2) is 40.9 Å². The molecule has 0 aromatic heterocycles. The number of rotatable bonds is 1. The molecule has 1 saturated carbocycles. The summed E-state index contributed by atoms with van der Waals surface area (Å²) in [6, 6.07) is 7.41. The van der Waals surface area contributed by atoms with E-state index >= 15 is 0 Å². The monoisotopic (exact) mass is 331 g/mol. The van der Waals surface area contributed by atoms with Crippen molar-refractivity contribution in [3.05, 3.63) is 40.9 Å². The van der Waals surface area contributed by atoms with Crippen LogP contribution in [0.25, 0.3) is 0 Å². The zero-order valence-corrected chi connectivity index (χ0v) is 12.4. The summed E-state index contributed by atoms with van der Waals surface area (Å²) >= 11 is 3.40. The van der Waals surface area contributed by atoms with Crippen LogP contribution in [0.3, 0.4) is 0 Å². The first-order chi connectivity index (χ1) is 9.66. The van der Waals surface area contributed by atoms with Gasteiger partial charge in [-0.05, 0) is 42.9 Å². The summed E-state index contributed by atoms with van der Waals surface area (Å²) in [5.41, 5.74) is 0.683. The average molecular weight is 332 g/mol. The van der Waals surface area contributed by atoms with Gasteiger partial charge in [-0.15, -0.1) is 0 Å². The first-order valence-electron chi connectivity index (χ1n) is 6.98. The zero-order chi connectivity index (χ0) is 13.9. The van der Waals surface area contributed by atoms with Crippen LogP contribution < -0.4 is 4.90 Å². The van der Waals surface area contributed by atoms with Crippen LogP contribution in [-0.4, -0.2) is 11.8 Å². The third-order valence-electron chi connectivity index (χ3n) is 4.83. The fourth-order valence-corrected chi connectivity index (χ4v) is 4.33. The highest BCUT2D eigenvalue weighted by molar-refractivity contribution is 9.10. The summed E-state index contributed by atoms with van der Waals surface area (Å²) in [5, 5.41) is 0. The summed E-state index contributed by atoms with van der Waals surface area (Å²) in [4.78, 5) is 26.8. The van der Waals surface area contributed by atoms with Gasteiger partial charge in [0.1, 0.15) is 0 Å². The van der Waals surface area contributed by atoms with Gasteiger partial charge in [0.25, 0.3) is 0 Å². The molecule has 1 heterocycles. The van der Waals surface area contributed by atoms with E-state index in [1.165, 1.54) is 4.90 Å². The second kappa shape index (κ2) is 4.29. The summed E-state index contributed by atoms with van der Waals surface area (Å²) in [5.74, 6) is 0.196. The number of nitrogens with zero attached hydrogens (tertiary/aromatic N) is 1. The van der Waals surface area contributed by atoms with Gasteiger partial charge >= 0.3 is 0 Å². The highest BCUT2D eigenvalue weighted by atomic mass is 79.9. The Hall–Kier alpha value is -1.42. The zero-order valence-electron chi connectivity index (χ0n) is 10.8. The highest BCUT2D eigenvalue weighted by Crippen LogP contribution is 2.50. The second-order valence-electron chi connectivity index (χ2n) is 5.83. The van der Waals surface area contributed by atoms with E-state index in [0.717, 1.165) is 17.3 Å². The molecule has 4 aliphatic rings. The molecule has 2 bridgehead atoms. The van der Waals surface area contributed by atoms with E-state index in [4.69, 9.17) is 0 Å². The molecule has 3 aliphatic carbocycles. The Morgan fingerprint density at radius 2 is 1.60 bits per heavy atom. The largest absolute Gasteiger partial charge is 0.274 e. The molecular weight excluding hydrogens is 318 g/mol. The van der Waals surface area contributed by atoms with Gasteiger partial charge < -0.3 is 0 Å². The molecular formula is C16H14BrNO2. The van der Waals surface area contributed by atoms with Crippen LogP contribution in [0.4, 0.5) is 5.69 Å². The van der Waals surface area contributed by atoms with E-state index < -0.39 is 0 Å². The maximum absolute atomic E-state index is 12.7. The van der Waals surface area contributed by atoms with Crippen molar-refractivity contribution in [3.63, 3.8) is 0 Å². The molecule has 4 heteroatoms. The van der Waals surface area contributed by atoms with Gasteiger partial charge in [0.15, 0.2) is 0 Å². The minimum Gasteiger partial charge on any atom is -0.274 e. The molecule has 4 atom stereocenters. The Morgan fingerprint density at radius 3 is 2.10 bits per heavy atom. The third-order valence-corrected chi connectivity index (χ3v) is 5.32. The van der Waals surface area contributed by atoms with E-state index in [-0.39, 0.29) is 35.5 Å². The quantitative estimate of drug-likeness (QED) is 0.585. The van der Waals surface area contributed by atoms with Gasteiger partial charge in [-0.2, -0.15) is 0 Å². The van der Waals surface area contributed by atoms with Crippen LogP contribution in [0.2, 0.25) is 0 Å². The molecule has 102 valence electrons. The number of halogens is 1. The molecule has 20 heavy (non-hydrogen) atoms. The number of carbonyl (C=O) groups is 2. The number of hydrogen-bond acceptors (Lipinski definition) is 2. The summed E-state index contributed by atoms with van der Waals surface area (Å²) in [7, 11) is 0. The van der Waals surface area contributed by atoms with Gasteiger partial charge in [0.05, 0.1) is 17.5 Å². The first-order valence-corrected chi connectivity index (χ1v) is 7.78. The first kappa shape index (κ1) is 12.3. The van der Waals surface area contributed by atoms with Crippen molar-refractivity contribution >= 4 is 33.4 Å². The van der Waals surface area contributed by atoms with E-state index in [0.29, 0.717) is 5.69 Å². The van der Waals surface area contributed by atoms with Gasteiger partial charge in [0.2, 0.25) is 11.8 Å². The number of fused-ring (bicyclic) bond motifs is 1. The highest BCUT2D eigenvalue weighted by Gasteiger charge is 2.56. The molecule has 2 fully saturated rings. The van der Waals surface area contributed by atoms with E-state index in [9.17, 15) is 9.59 Å². The Balaban J connectivity index is 1.77. The fourth-order valence-electron chi connectivity index (χ4n) is 3.94. The number of anilines is 1. The summed E-state index contributed by atoms with van der Waals surface area (Å²) in [6.45, 7) is 0. The maximum atomic E-state index is 12.7. The number of benzene rings is 1. The van der Waals surface area contributed by atoms with Crippen LogP contribution >= 0.6 is 15.9 Å². The molecule has 1 aromatic carbocycles. The second-order valence-corrected chi connectivity index (χ2v) is 6.75. The Bertz CT molecular complexity index is 607. The lowest BCUT2D eigenvalue weighted by molar-refractivity contribution is -0.124. The van der Waals surface area contributed by atoms with Gasteiger partial charge in [-0.25, -0.2) is 4.90 Å². The third kappa shape index (κ3) is 1.57. The van der Waals surface area contributed by atoms with Gasteiger partial charge in [-0.1, -0.05) is 34.1 Å². The molecule has 1 saturated heterocycles. The van der Waals surface area contributed by atoms with Crippen LogP contribution in [0, 0.1) is 23.7 Å². The Kier molecular flexibility index (Phi) is 2.64. The normalized spacial score (nSPS) is 34.8. The molecule has 1 aliphatic heterocycles. The van der Waals surface area contributed by atoms with Crippen molar-refractivity contribution in [1.82, 2.24) is 0 Å². The lowest BCUT2D eigenvalue weighted by Crippen LogP contribution is -2.38. The predicted octanol–water partition coefficient (Wildman–Crippen LogP) is 3.15. The van der Waals surface area contributed by atoms with E-state index in [1.54, 1.807) is 0 Å². The van der Waals surface area contributed by atoms with Crippen molar-refractivity contribution < 1.29 is 9.59 Å². The number of allylic oxidation sites excluding steroid dienone is 2. The van der Waals surface area contributed by atoms with E-state index in [1.807, 2.05) is 24.3 Å². The minimum atomic E-state index is -0.134. The average Bonchev–Trinajstić information content (AvgIpc) is 2.74. The smallest absolute Gasteiger partial charge is 0.238 e. The predicted molar refractivity (Wildman–Crippen MR) is 79.0 cm³/mol. The van der Waals surface area contributed by atoms with Crippen molar-refractivity contribution in [2.75, 3.05) is 4.90 Å². The van der Waals surface area contributed by atoms with E-state index in [2.05, 4.69) is 28.1 Å². The maximum Gasteiger partial charge on any atom is 0.238 e. The van der Waals surface area contributed by atoms with Crippen molar-refractivity contribution in [2.45, 2.75) is 12.8 Å². The van der Waals surface area contributed by atoms with Crippen molar-refractivity contribution in [3.8, 4) is 0 Å². The molecule has 0 N–H and O–H groups in total. The molecule has 0 radical (unpaired) electrons. The lowest BCUT2D eigenvalue weighted by atomic mass is 9.63. The molecule has 0 spiro atoms. The topological polar surface area (TPSA) is 37.4 Å². The molecule has 3 nitrogen and oxygen atoms in total. The van der Waals surface area contributed by atoms with Gasteiger partial charge in [0, 0.05) is 4.47 Å². The Labute approximate surface area is 125 Å². The number of carbonyl (C=O) groups excluding carboxylic acids is 2. The molecule has 0 unspecified atom stereocenters. The number of imide groups is 1. The van der Waals surface area contributed by atoms with Crippen LogP contribution in [0.5, 0.6) is 0 Å². The minimum absolute atomic E-state index is 0.0165. The SMILES string of the molecule is O=C1[C@H]2[C@H](C(=O)N1c1cccc(Br)c1)[C@H]1C=C[C@H]2CC1. The summed E-state index contributed by atoms with van der Waals surface area (Å²) in [6.07, 6.45) is 6.36. The van der Waals surface area contributed by atoms with Crippen LogP contribution in [0.1, 0.15) is 12.8 Å².